The van der Waals surface area contributed by atoms with Crippen LogP contribution in [0, 0.1) is 17.8 Å². The molecule has 0 aromatic heterocycles. The predicted molar refractivity (Wildman–Crippen MR) is 55.9 cm³/mol. The van der Waals surface area contributed by atoms with Crippen LogP contribution in [0.15, 0.2) is 0 Å². The summed E-state index contributed by atoms with van der Waals surface area (Å²) in [5, 5.41) is 18.9. The molecule has 0 amide bonds. The molecule has 0 heterocycles. The Morgan fingerprint density at radius 3 is 2.57 bits per heavy atom. The molecule has 2 rings (SSSR count). The lowest BCUT2D eigenvalue weighted by atomic mass is 9.63. The van der Waals surface area contributed by atoms with E-state index in [0.29, 0.717) is 11.8 Å². The van der Waals surface area contributed by atoms with Crippen molar-refractivity contribution in [3.8, 4) is 0 Å². The van der Waals surface area contributed by atoms with Crippen molar-refractivity contribution in [3.05, 3.63) is 0 Å². The molecule has 2 saturated carbocycles. The highest BCUT2D eigenvalue weighted by atomic mass is 16.3. The van der Waals surface area contributed by atoms with Gasteiger partial charge in [0.05, 0.1) is 6.10 Å². The number of hydrogen-bond donors (Lipinski definition) is 2. The zero-order valence-corrected chi connectivity index (χ0v) is 8.86. The molecule has 2 heteroatoms. The molecule has 0 radical (unpaired) electrons. The molecule has 0 bridgehead atoms. The van der Waals surface area contributed by atoms with Crippen LogP contribution in [-0.4, -0.2) is 22.9 Å². The van der Waals surface area contributed by atoms with Crippen LogP contribution in [-0.2, 0) is 0 Å². The van der Waals surface area contributed by atoms with Crippen molar-refractivity contribution in [2.45, 2.75) is 51.0 Å². The Bertz CT molecular complexity index is 179. The molecule has 0 aliphatic heterocycles. The van der Waals surface area contributed by atoms with E-state index in [9.17, 15) is 5.11 Å². The Morgan fingerprint density at radius 2 is 1.79 bits per heavy atom. The molecule has 2 N–H and O–H groups in total. The fourth-order valence-corrected chi connectivity index (χ4v) is 3.60. The highest BCUT2D eigenvalue weighted by Crippen LogP contribution is 2.44. The number of aliphatic hydroxyl groups excluding tert-OH is 2. The standard InChI is InChI=1S/C12H22O2/c13-8-7-11-10-4-2-1-3-9(10)5-6-12(11)14/h9-14H,1-8H2. The highest BCUT2D eigenvalue weighted by Gasteiger charge is 2.38. The van der Waals surface area contributed by atoms with Crippen molar-refractivity contribution < 1.29 is 10.2 Å². The SMILES string of the molecule is OCCC1C(O)CCC2CCCCC21. The Kier molecular flexibility index (Phi) is 3.45. The van der Waals surface area contributed by atoms with E-state index < -0.39 is 0 Å². The van der Waals surface area contributed by atoms with Crippen LogP contribution in [0.2, 0.25) is 0 Å². The van der Waals surface area contributed by atoms with E-state index in [0.717, 1.165) is 18.8 Å². The van der Waals surface area contributed by atoms with Gasteiger partial charge in [0, 0.05) is 6.61 Å². The first-order valence-corrected chi connectivity index (χ1v) is 6.12. The first-order valence-electron chi connectivity index (χ1n) is 6.12. The van der Waals surface area contributed by atoms with E-state index in [1.165, 1.54) is 32.1 Å². The second kappa shape index (κ2) is 4.63. The van der Waals surface area contributed by atoms with Crippen LogP contribution in [0.4, 0.5) is 0 Å². The van der Waals surface area contributed by atoms with Crippen molar-refractivity contribution in [2.24, 2.45) is 17.8 Å². The predicted octanol–water partition coefficient (Wildman–Crippen LogP) is 1.95. The molecule has 0 aromatic carbocycles. The normalized spacial score (nSPS) is 43.3. The first kappa shape index (κ1) is 10.4. The lowest BCUT2D eigenvalue weighted by Gasteiger charge is -2.44. The van der Waals surface area contributed by atoms with Gasteiger partial charge in [0.2, 0.25) is 0 Å². The number of fused-ring (bicyclic) bond motifs is 1. The average molecular weight is 198 g/mol. The van der Waals surface area contributed by atoms with Crippen molar-refractivity contribution in [1.82, 2.24) is 0 Å². The molecular formula is C12H22O2. The molecule has 0 spiro atoms. The van der Waals surface area contributed by atoms with E-state index in [4.69, 9.17) is 5.11 Å². The maximum absolute atomic E-state index is 9.93. The summed E-state index contributed by atoms with van der Waals surface area (Å²) >= 11 is 0. The van der Waals surface area contributed by atoms with Gasteiger partial charge in [-0.3, -0.25) is 0 Å². The Balaban J connectivity index is 2.01. The molecule has 0 saturated heterocycles. The topological polar surface area (TPSA) is 40.5 Å². The third-order valence-corrected chi connectivity index (χ3v) is 4.31. The minimum absolute atomic E-state index is 0.138. The number of hydrogen-bond acceptors (Lipinski definition) is 2. The molecule has 14 heavy (non-hydrogen) atoms. The van der Waals surface area contributed by atoms with Gasteiger partial charge in [0.1, 0.15) is 0 Å². The summed E-state index contributed by atoms with van der Waals surface area (Å²) in [6.07, 6.45) is 8.20. The summed E-state index contributed by atoms with van der Waals surface area (Å²) in [7, 11) is 0. The third-order valence-electron chi connectivity index (χ3n) is 4.31. The van der Waals surface area contributed by atoms with E-state index in [1.54, 1.807) is 0 Å². The number of aliphatic hydroxyl groups is 2. The maximum Gasteiger partial charge on any atom is 0.0572 e. The van der Waals surface area contributed by atoms with Crippen molar-refractivity contribution in [1.29, 1.82) is 0 Å². The van der Waals surface area contributed by atoms with Crippen LogP contribution in [0.25, 0.3) is 0 Å². The molecule has 2 aliphatic carbocycles. The molecule has 2 fully saturated rings. The zero-order chi connectivity index (χ0) is 9.97. The van der Waals surface area contributed by atoms with E-state index >= 15 is 0 Å². The zero-order valence-electron chi connectivity index (χ0n) is 8.86. The maximum atomic E-state index is 9.93. The third kappa shape index (κ3) is 1.96. The van der Waals surface area contributed by atoms with Crippen LogP contribution in [0.3, 0.4) is 0 Å². The van der Waals surface area contributed by atoms with Crippen molar-refractivity contribution in [2.75, 3.05) is 6.61 Å². The van der Waals surface area contributed by atoms with Gasteiger partial charge in [-0.15, -0.1) is 0 Å². The van der Waals surface area contributed by atoms with Crippen LogP contribution < -0.4 is 0 Å². The van der Waals surface area contributed by atoms with Gasteiger partial charge in [-0.05, 0) is 43.4 Å². The first-order chi connectivity index (χ1) is 6.83. The molecule has 4 unspecified atom stereocenters. The number of rotatable bonds is 2. The van der Waals surface area contributed by atoms with Crippen LogP contribution in [0.1, 0.15) is 44.9 Å². The second-order valence-corrected chi connectivity index (χ2v) is 5.03. The molecular weight excluding hydrogens is 176 g/mol. The Hall–Kier alpha value is -0.0800. The minimum Gasteiger partial charge on any atom is -0.396 e. The summed E-state index contributed by atoms with van der Waals surface area (Å²) in [5.41, 5.74) is 0. The molecule has 2 nitrogen and oxygen atoms in total. The summed E-state index contributed by atoms with van der Waals surface area (Å²) in [6, 6.07) is 0. The highest BCUT2D eigenvalue weighted by molar-refractivity contribution is 4.89. The molecule has 2 aliphatic rings. The van der Waals surface area contributed by atoms with Gasteiger partial charge >= 0.3 is 0 Å². The smallest absolute Gasteiger partial charge is 0.0572 e. The second-order valence-electron chi connectivity index (χ2n) is 5.03. The van der Waals surface area contributed by atoms with E-state index in [2.05, 4.69) is 0 Å². The van der Waals surface area contributed by atoms with Gasteiger partial charge in [-0.2, -0.15) is 0 Å². The largest absolute Gasteiger partial charge is 0.396 e. The average Bonchev–Trinajstić information content (AvgIpc) is 2.23. The van der Waals surface area contributed by atoms with E-state index in [1.807, 2.05) is 0 Å². The molecule has 0 aromatic rings. The van der Waals surface area contributed by atoms with Gasteiger partial charge in [0.15, 0.2) is 0 Å². The summed E-state index contributed by atoms with van der Waals surface area (Å²) in [4.78, 5) is 0. The fraction of sp³-hybridized carbons (Fsp3) is 1.00. The lowest BCUT2D eigenvalue weighted by molar-refractivity contribution is -0.0252. The van der Waals surface area contributed by atoms with Gasteiger partial charge in [-0.1, -0.05) is 19.3 Å². The van der Waals surface area contributed by atoms with Crippen LogP contribution in [0.5, 0.6) is 0 Å². The van der Waals surface area contributed by atoms with Crippen molar-refractivity contribution in [3.63, 3.8) is 0 Å². The quantitative estimate of drug-likeness (QED) is 0.712. The summed E-state index contributed by atoms with van der Waals surface area (Å²) in [5.74, 6) is 1.95. The molecule has 4 atom stereocenters. The minimum atomic E-state index is -0.138. The molecule has 82 valence electrons. The fourth-order valence-electron chi connectivity index (χ4n) is 3.60. The van der Waals surface area contributed by atoms with E-state index in [-0.39, 0.29) is 12.7 Å². The lowest BCUT2D eigenvalue weighted by Crippen LogP contribution is -2.40. The van der Waals surface area contributed by atoms with Gasteiger partial charge < -0.3 is 10.2 Å². The van der Waals surface area contributed by atoms with Gasteiger partial charge in [0.25, 0.3) is 0 Å². The monoisotopic (exact) mass is 198 g/mol. The van der Waals surface area contributed by atoms with Crippen LogP contribution >= 0.6 is 0 Å². The Labute approximate surface area is 86.3 Å². The van der Waals surface area contributed by atoms with Gasteiger partial charge in [-0.25, -0.2) is 0 Å². The summed E-state index contributed by atoms with van der Waals surface area (Å²) < 4.78 is 0. The summed E-state index contributed by atoms with van der Waals surface area (Å²) in [6.45, 7) is 0.241. The Morgan fingerprint density at radius 1 is 1.00 bits per heavy atom. The van der Waals surface area contributed by atoms with Crippen molar-refractivity contribution >= 4 is 0 Å².